The van der Waals surface area contributed by atoms with Crippen LogP contribution in [-0.4, -0.2) is 25.0 Å². The molecular weight excluding hydrogens is 470 g/mol. The van der Waals surface area contributed by atoms with Crippen molar-refractivity contribution in [3.63, 3.8) is 0 Å². The van der Waals surface area contributed by atoms with Gasteiger partial charge in [0.2, 0.25) is 0 Å². The molecule has 0 unspecified atom stereocenters. The third-order valence-electron chi connectivity index (χ3n) is 5.86. The quantitative estimate of drug-likeness (QED) is 0.194. The van der Waals surface area contributed by atoms with E-state index in [4.69, 9.17) is 13.9 Å². The number of carbonyl (C=O) groups is 2. The van der Waals surface area contributed by atoms with E-state index in [1.165, 1.54) is 12.1 Å². The van der Waals surface area contributed by atoms with Crippen molar-refractivity contribution in [3.05, 3.63) is 105 Å². The molecule has 0 bridgehead atoms. The maximum absolute atomic E-state index is 12.5. The zero-order valence-corrected chi connectivity index (χ0v) is 21.1. The predicted molar refractivity (Wildman–Crippen MR) is 141 cm³/mol. The molecule has 1 amide bonds. The summed E-state index contributed by atoms with van der Waals surface area (Å²) in [6, 6.07) is 21.7. The highest BCUT2D eigenvalue weighted by atomic mass is 16.6. The number of carbonyl (C=O) groups excluding carboxylic acids is 2. The summed E-state index contributed by atoms with van der Waals surface area (Å²) < 4.78 is 16.5. The lowest BCUT2D eigenvalue weighted by Crippen LogP contribution is -2.29. The Morgan fingerprint density at radius 2 is 1.76 bits per heavy atom. The fourth-order valence-corrected chi connectivity index (χ4v) is 3.91. The van der Waals surface area contributed by atoms with E-state index in [0.717, 1.165) is 16.7 Å². The van der Waals surface area contributed by atoms with Gasteiger partial charge in [-0.2, -0.15) is 0 Å². The van der Waals surface area contributed by atoms with Crippen LogP contribution in [0.25, 0.3) is 11.0 Å². The highest BCUT2D eigenvalue weighted by Gasteiger charge is 2.15. The second-order valence-electron chi connectivity index (χ2n) is 9.10. The van der Waals surface area contributed by atoms with E-state index in [0.29, 0.717) is 24.1 Å². The molecule has 7 nitrogen and oxygen atoms in total. The molecule has 190 valence electrons. The third kappa shape index (κ3) is 6.64. The molecule has 1 N–H and O–H groups in total. The molecule has 1 heterocycles. The standard InChI is InChI=1S/C30H29NO6/c1-19(2)24-12-9-20(3)15-27(24)35-18-28(32)36-23-11-10-22-16-25(30(34)37-26(22)17-23)29(33)31-14-13-21-7-5-4-6-8-21/h4-12,15-17,19H,13-14,18H2,1-3H3,(H,31,33). The van der Waals surface area contributed by atoms with Gasteiger partial charge in [-0.05, 0) is 60.2 Å². The Hall–Kier alpha value is -4.39. The lowest BCUT2D eigenvalue weighted by atomic mass is 10.0. The highest BCUT2D eigenvalue weighted by molar-refractivity contribution is 5.96. The summed E-state index contributed by atoms with van der Waals surface area (Å²) in [5, 5.41) is 3.28. The normalized spacial score (nSPS) is 10.9. The van der Waals surface area contributed by atoms with Crippen LogP contribution < -0.4 is 20.4 Å². The van der Waals surface area contributed by atoms with E-state index in [2.05, 4.69) is 19.2 Å². The number of rotatable bonds is 9. The largest absolute Gasteiger partial charge is 0.482 e. The number of benzene rings is 3. The molecule has 0 saturated heterocycles. The minimum Gasteiger partial charge on any atom is -0.482 e. The molecule has 0 fully saturated rings. The first-order chi connectivity index (χ1) is 17.8. The van der Waals surface area contributed by atoms with Crippen molar-refractivity contribution in [1.29, 1.82) is 0 Å². The van der Waals surface area contributed by atoms with Crippen molar-refractivity contribution < 1.29 is 23.5 Å². The fourth-order valence-electron chi connectivity index (χ4n) is 3.91. The molecule has 4 aromatic rings. The first-order valence-electron chi connectivity index (χ1n) is 12.1. The summed E-state index contributed by atoms with van der Waals surface area (Å²) in [7, 11) is 0. The topological polar surface area (TPSA) is 94.8 Å². The second kappa shape index (κ2) is 11.6. The monoisotopic (exact) mass is 499 g/mol. The van der Waals surface area contributed by atoms with Crippen molar-refractivity contribution >= 4 is 22.8 Å². The number of nitrogens with one attached hydrogen (secondary N) is 1. The molecule has 0 radical (unpaired) electrons. The minimum atomic E-state index is -0.766. The Kier molecular flexibility index (Phi) is 8.03. The van der Waals surface area contributed by atoms with Gasteiger partial charge in [0.05, 0.1) is 0 Å². The summed E-state index contributed by atoms with van der Waals surface area (Å²) in [6.07, 6.45) is 0.645. The molecule has 3 aromatic carbocycles. The van der Waals surface area contributed by atoms with E-state index in [9.17, 15) is 14.4 Å². The number of esters is 1. The molecule has 1 aromatic heterocycles. The maximum atomic E-state index is 12.5. The van der Waals surface area contributed by atoms with Gasteiger partial charge >= 0.3 is 11.6 Å². The van der Waals surface area contributed by atoms with E-state index < -0.39 is 17.5 Å². The highest BCUT2D eigenvalue weighted by Crippen LogP contribution is 2.27. The van der Waals surface area contributed by atoms with Gasteiger partial charge in [-0.25, -0.2) is 9.59 Å². The van der Waals surface area contributed by atoms with Crippen molar-refractivity contribution in [1.82, 2.24) is 5.32 Å². The third-order valence-corrected chi connectivity index (χ3v) is 5.86. The van der Waals surface area contributed by atoms with Crippen LogP contribution in [0, 0.1) is 6.92 Å². The zero-order chi connectivity index (χ0) is 26.4. The molecule has 0 aliphatic heterocycles. The number of ether oxygens (including phenoxy) is 2. The van der Waals surface area contributed by atoms with Crippen LogP contribution in [0.4, 0.5) is 0 Å². The van der Waals surface area contributed by atoms with Gasteiger partial charge in [-0.15, -0.1) is 0 Å². The number of hydrogen-bond donors (Lipinski definition) is 1. The minimum absolute atomic E-state index is 0.0854. The first kappa shape index (κ1) is 25.7. The van der Waals surface area contributed by atoms with E-state index in [1.54, 1.807) is 12.1 Å². The average molecular weight is 500 g/mol. The molecule has 0 saturated carbocycles. The Labute approximate surface area is 215 Å². The van der Waals surface area contributed by atoms with Gasteiger partial charge in [0.1, 0.15) is 22.6 Å². The number of amides is 1. The Balaban J connectivity index is 1.39. The molecule has 0 aliphatic rings. The van der Waals surface area contributed by atoms with Gasteiger partial charge in [0.15, 0.2) is 6.61 Å². The number of aryl methyl sites for hydroxylation is 1. The molecule has 0 atom stereocenters. The zero-order valence-electron chi connectivity index (χ0n) is 21.1. The van der Waals surface area contributed by atoms with Crippen molar-refractivity contribution in [2.45, 2.75) is 33.1 Å². The van der Waals surface area contributed by atoms with Crippen molar-refractivity contribution in [2.75, 3.05) is 13.2 Å². The summed E-state index contributed by atoms with van der Waals surface area (Å²) in [5.74, 6) is -0.00187. The molecule has 0 spiro atoms. The Morgan fingerprint density at radius 3 is 2.51 bits per heavy atom. The van der Waals surface area contributed by atoms with Crippen LogP contribution in [0.5, 0.6) is 11.5 Å². The number of hydrogen-bond acceptors (Lipinski definition) is 6. The van der Waals surface area contributed by atoms with Gasteiger partial charge < -0.3 is 19.2 Å². The van der Waals surface area contributed by atoms with Gasteiger partial charge in [0, 0.05) is 18.0 Å². The maximum Gasteiger partial charge on any atom is 0.349 e. The molecule has 37 heavy (non-hydrogen) atoms. The summed E-state index contributed by atoms with van der Waals surface area (Å²) in [4.78, 5) is 37.4. The van der Waals surface area contributed by atoms with Crippen LogP contribution in [-0.2, 0) is 11.2 Å². The van der Waals surface area contributed by atoms with Crippen LogP contribution in [0.2, 0.25) is 0 Å². The van der Waals surface area contributed by atoms with E-state index in [1.807, 2.05) is 55.5 Å². The lowest BCUT2D eigenvalue weighted by molar-refractivity contribution is -0.136. The summed E-state index contributed by atoms with van der Waals surface area (Å²) in [6.45, 7) is 6.18. The SMILES string of the molecule is Cc1ccc(C(C)C)c(OCC(=O)Oc2ccc3cc(C(=O)NCCc4ccccc4)c(=O)oc3c2)c1. The van der Waals surface area contributed by atoms with Crippen LogP contribution in [0.15, 0.2) is 82.0 Å². The summed E-state index contributed by atoms with van der Waals surface area (Å²) >= 11 is 0. The van der Waals surface area contributed by atoms with Crippen molar-refractivity contribution in [2.24, 2.45) is 0 Å². The lowest BCUT2D eigenvalue weighted by Gasteiger charge is -2.14. The van der Waals surface area contributed by atoms with E-state index >= 15 is 0 Å². The van der Waals surface area contributed by atoms with E-state index in [-0.39, 0.29) is 29.4 Å². The van der Waals surface area contributed by atoms with Crippen LogP contribution in [0.1, 0.15) is 46.8 Å². The molecule has 4 rings (SSSR count). The second-order valence-corrected chi connectivity index (χ2v) is 9.10. The van der Waals surface area contributed by atoms with Crippen LogP contribution >= 0.6 is 0 Å². The average Bonchev–Trinajstić information content (AvgIpc) is 2.87. The fraction of sp³-hybridized carbons (Fsp3) is 0.233. The smallest absolute Gasteiger partial charge is 0.349 e. The Bertz CT molecular complexity index is 1470. The van der Waals surface area contributed by atoms with Gasteiger partial charge in [-0.3, -0.25) is 4.79 Å². The van der Waals surface area contributed by atoms with Crippen molar-refractivity contribution in [3.8, 4) is 11.5 Å². The van der Waals surface area contributed by atoms with Gasteiger partial charge in [0.25, 0.3) is 5.91 Å². The number of fused-ring (bicyclic) bond motifs is 1. The molecular formula is C30H29NO6. The van der Waals surface area contributed by atoms with Crippen LogP contribution in [0.3, 0.4) is 0 Å². The molecule has 0 aliphatic carbocycles. The van der Waals surface area contributed by atoms with Gasteiger partial charge in [-0.1, -0.05) is 56.3 Å². The predicted octanol–water partition coefficient (Wildman–Crippen LogP) is 5.18. The Morgan fingerprint density at radius 1 is 0.973 bits per heavy atom. The molecule has 7 heteroatoms. The summed E-state index contributed by atoms with van der Waals surface area (Å²) in [5.41, 5.74) is 2.47. The first-order valence-corrected chi connectivity index (χ1v) is 12.1.